The number of benzene rings is 2. The Morgan fingerprint density at radius 2 is 1.76 bits per heavy atom. The van der Waals surface area contributed by atoms with Gasteiger partial charge in [0.25, 0.3) is 0 Å². The molecule has 0 spiro atoms. The number of nitrogens with zero attached hydrogens (tertiary/aromatic N) is 4. The molecule has 2 heterocycles. The number of fused-ring (bicyclic) bond motifs is 1. The van der Waals surface area contributed by atoms with Crippen molar-refractivity contribution in [2.24, 2.45) is 11.8 Å². The summed E-state index contributed by atoms with van der Waals surface area (Å²) in [5.41, 5.74) is 3.98. The largest absolute Gasteiger partial charge is 0.293 e. The van der Waals surface area contributed by atoms with E-state index in [0.717, 1.165) is 34.3 Å². The summed E-state index contributed by atoms with van der Waals surface area (Å²) < 4.78 is 43.0. The molecule has 1 atom stereocenters. The van der Waals surface area contributed by atoms with Gasteiger partial charge in [-0.25, -0.2) is 17.5 Å². The predicted octanol–water partition coefficient (Wildman–Crippen LogP) is 4.77. The van der Waals surface area contributed by atoms with E-state index in [-0.39, 0.29) is 23.5 Å². The molecule has 1 aliphatic heterocycles. The van der Waals surface area contributed by atoms with Crippen molar-refractivity contribution in [2.45, 2.75) is 40.7 Å². The van der Waals surface area contributed by atoms with Crippen molar-refractivity contribution in [1.82, 2.24) is 19.0 Å². The zero-order valence-electron chi connectivity index (χ0n) is 20.7. The molecule has 34 heavy (non-hydrogen) atoms. The summed E-state index contributed by atoms with van der Waals surface area (Å²) >= 11 is 0. The van der Waals surface area contributed by atoms with E-state index in [2.05, 4.69) is 42.9 Å². The number of sulfonamides is 1. The molecule has 8 heteroatoms. The third kappa shape index (κ3) is 5.19. The average Bonchev–Trinajstić information content (AvgIpc) is 3.15. The first-order chi connectivity index (χ1) is 16.0. The second-order valence-corrected chi connectivity index (χ2v) is 12.2. The molecule has 0 radical (unpaired) electrons. The maximum atomic E-state index is 13.4. The maximum Gasteiger partial charge on any atom is 0.214 e. The molecule has 6 nitrogen and oxygen atoms in total. The van der Waals surface area contributed by atoms with E-state index >= 15 is 0 Å². The highest BCUT2D eigenvalue weighted by atomic mass is 32.2. The number of aryl methyl sites for hydroxylation is 1. The highest BCUT2D eigenvalue weighted by Crippen LogP contribution is 2.33. The van der Waals surface area contributed by atoms with Gasteiger partial charge >= 0.3 is 0 Å². The first-order valence-electron chi connectivity index (χ1n) is 12.0. The molecule has 0 saturated carbocycles. The second-order valence-electron chi connectivity index (χ2n) is 10.2. The van der Waals surface area contributed by atoms with Crippen molar-refractivity contribution in [3.8, 4) is 5.69 Å². The quantitative estimate of drug-likeness (QED) is 0.483. The normalized spacial score (nSPS) is 18.4. The average molecular weight is 487 g/mol. The Morgan fingerprint density at radius 1 is 1.06 bits per heavy atom. The van der Waals surface area contributed by atoms with Gasteiger partial charge in [0.1, 0.15) is 5.82 Å². The molecule has 0 aliphatic carbocycles. The topological polar surface area (TPSA) is 58.4 Å². The van der Waals surface area contributed by atoms with Crippen LogP contribution in [0.3, 0.4) is 0 Å². The minimum absolute atomic E-state index is 0.0170. The Kier molecular flexibility index (Phi) is 7.12. The fraction of sp³-hybridized carbons (Fsp3) is 0.500. The Labute approximate surface area is 202 Å². The SMILES string of the molecule is Cc1cc2c(cnn2-c2ccc(F)cc2)cc1C1CN(S(=O)(=O)CC(C)C)CCN1CC(C)C. The van der Waals surface area contributed by atoms with Crippen molar-refractivity contribution in [1.29, 1.82) is 0 Å². The van der Waals surface area contributed by atoms with Gasteiger partial charge in [0.15, 0.2) is 0 Å². The summed E-state index contributed by atoms with van der Waals surface area (Å²) in [6, 6.07) is 10.5. The van der Waals surface area contributed by atoms with Crippen LogP contribution in [0.15, 0.2) is 42.6 Å². The molecule has 3 aromatic rings. The number of aromatic nitrogens is 2. The summed E-state index contributed by atoms with van der Waals surface area (Å²) in [6.45, 7) is 13.0. The van der Waals surface area contributed by atoms with Gasteiger partial charge in [-0.3, -0.25) is 4.90 Å². The molecule has 0 amide bonds. The van der Waals surface area contributed by atoms with E-state index in [9.17, 15) is 12.8 Å². The van der Waals surface area contributed by atoms with Crippen molar-refractivity contribution in [2.75, 3.05) is 31.9 Å². The summed E-state index contributed by atoms with van der Waals surface area (Å²) in [6.07, 6.45) is 1.82. The molecular weight excluding hydrogens is 451 g/mol. The summed E-state index contributed by atoms with van der Waals surface area (Å²) in [5.74, 6) is 0.462. The molecule has 1 unspecified atom stereocenters. The van der Waals surface area contributed by atoms with Crippen molar-refractivity contribution >= 4 is 20.9 Å². The van der Waals surface area contributed by atoms with Crippen LogP contribution in [0.25, 0.3) is 16.6 Å². The van der Waals surface area contributed by atoms with E-state index in [1.165, 1.54) is 12.1 Å². The minimum Gasteiger partial charge on any atom is -0.293 e. The molecule has 1 aliphatic rings. The van der Waals surface area contributed by atoms with E-state index in [1.54, 1.807) is 16.4 Å². The van der Waals surface area contributed by atoms with Crippen molar-refractivity contribution < 1.29 is 12.8 Å². The fourth-order valence-corrected chi connectivity index (χ4v) is 6.68. The van der Waals surface area contributed by atoms with E-state index in [0.29, 0.717) is 25.6 Å². The zero-order chi connectivity index (χ0) is 24.6. The predicted molar refractivity (Wildman–Crippen MR) is 135 cm³/mol. The molecule has 2 aromatic carbocycles. The first-order valence-corrected chi connectivity index (χ1v) is 13.6. The summed E-state index contributed by atoms with van der Waals surface area (Å²) in [7, 11) is -3.31. The third-order valence-corrected chi connectivity index (χ3v) is 8.58. The van der Waals surface area contributed by atoms with Crippen LogP contribution in [0.4, 0.5) is 4.39 Å². The number of hydrogen-bond donors (Lipinski definition) is 0. The monoisotopic (exact) mass is 486 g/mol. The van der Waals surface area contributed by atoms with Gasteiger partial charge in [0.2, 0.25) is 10.0 Å². The number of rotatable bonds is 7. The molecule has 1 saturated heterocycles. The first kappa shape index (κ1) is 24.8. The molecule has 0 N–H and O–H groups in total. The number of piperazine rings is 1. The zero-order valence-corrected chi connectivity index (χ0v) is 21.5. The van der Waals surface area contributed by atoms with Crippen molar-refractivity contribution in [3.63, 3.8) is 0 Å². The lowest BCUT2D eigenvalue weighted by molar-refractivity contribution is 0.105. The van der Waals surface area contributed by atoms with Crippen molar-refractivity contribution in [3.05, 3.63) is 59.5 Å². The van der Waals surface area contributed by atoms with E-state index < -0.39 is 10.0 Å². The van der Waals surface area contributed by atoms with Gasteiger partial charge in [0.05, 0.1) is 23.2 Å². The van der Waals surface area contributed by atoms with Gasteiger partial charge in [-0.15, -0.1) is 0 Å². The van der Waals surface area contributed by atoms with E-state index in [4.69, 9.17) is 0 Å². The second kappa shape index (κ2) is 9.76. The lowest BCUT2D eigenvalue weighted by Crippen LogP contribution is -2.52. The van der Waals surface area contributed by atoms with Crippen LogP contribution in [-0.2, 0) is 10.0 Å². The van der Waals surface area contributed by atoms with Crippen LogP contribution < -0.4 is 0 Å². The Morgan fingerprint density at radius 3 is 2.41 bits per heavy atom. The highest BCUT2D eigenvalue weighted by molar-refractivity contribution is 7.89. The lowest BCUT2D eigenvalue weighted by atomic mass is 9.96. The molecule has 1 fully saturated rings. The number of halogens is 1. The molecule has 184 valence electrons. The highest BCUT2D eigenvalue weighted by Gasteiger charge is 2.35. The lowest BCUT2D eigenvalue weighted by Gasteiger charge is -2.42. The van der Waals surface area contributed by atoms with Gasteiger partial charge in [-0.2, -0.15) is 9.40 Å². The van der Waals surface area contributed by atoms with Crippen LogP contribution >= 0.6 is 0 Å². The van der Waals surface area contributed by atoms with Crippen LogP contribution in [0.2, 0.25) is 0 Å². The number of hydrogen-bond acceptors (Lipinski definition) is 4. The van der Waals surface area contributed by atoms with Crippen LogP contribution in [0.1, 0.15) is 44.9 Å². The maximum absolute atomic E-state index is 13.4. The Balaban J connectivity index is 1.72. The smallest absolute Gasteiger partial charge is 0.214 e. The third-order valence-electron chi connectivity index (χ3n) is 6.38. The standard InChI is InChI=1S/C26H35FN4O2S/c1-18(2)15-29-10-11-30(34(32,33)17-19(3)4)16-26(29)24-13-21-14-28-31(25(21)12-20(24)5)23-8-6-22(27)7-9-23/h6-9,12-14,18-19,26H,10-11,15-17H2,1-5H3. The summed E-state index contributed by atoms with van der Waals surface area (Å²) in [5, 5.41) is 5.53. The fourth-order valence-electron chi connectivity index (χ4n) is 4.90. The Bertz CT molecular complexity index is 1250. The van der Waals surface area contributed by atoms with Gasteiger partial charge < -0.3 is 0 Å². The van der Waals surface area contributed by atoms with Crippen LogP contribution in [0.5, 0.6) is 0 Å². The summed E-state index contributed by atoms with van der Waals surface area (Å²) in [4.78, 5) is 2.42. The van der Waals surface area contributed by atoms with E-state index in [1.807, 2.05) is 24.7 Å². The Hall–Kier alpha value is -2.29. The van der Waals surface area contributed by atoms with Crippen LogP contribution in [-0.4, -0.2) is 59.3 Å². The minimum atomic E-state index is -3.31. The molecule has 1 aromatic heterocycles. The van der Waals surface area contributed by atoms with Crippen LogP contribution in [0, 0.1) is 24.6 Å². The van der Waals surface area contributed by atoms with Gasteiger partial charge in [-0.05, 0) is 66.3 Å². The van der Waals surface area contributed by atoms with Gasteiger partial charge in [-0.1, -0.05) is 27.7 Å². The molecule has 0 bridgehead atoms. The molecule has 4 rings (SSSR count). The van der Waals surface area contributed by atoms with Gasteiger partial charge in [0, 0.05) is 37.6 Å². The molecular formula is C26H35FN4O2S.